The van der Waals surface area contributed by atoms with Gasteiger partial charge in [0.1, 0.15) is 5.76 Å². The van der Waals surface area contributed by atoms with Crippen molar-refractivity contribution >= 4 is 17.4 Å². The number of hydrogen-bond donors (Lipinski definition) is 1. The Hall–Kier alpha value is -4.01. The molecule has 1 saturated heterocycles. The van der Waals surface area contributed by atoms with E-state index in [2.05, 4.69) is 9.97 Å². The fourth-order valence-electron chi connectivity index (χ4n) is 3.81. The van der Waals surface area contributed by atoms with E-state index in [-0.39, 0.29) is 23.4 Å². The molecule has 1 atom stereocenters. The van der Waals surface area contributed by atoms with Crippen molar-refractivity contribution in [3.05, 3.63) is 84.0 Å². The summed E-state index contributed by atoms with van der Waals surface area (Å²) in [5, 5.41) is 11.0. The largest absolute Gasteiger partial charge is 0.507 e. The first-order chi connectivity index (χ1) is 15.5. The maximum absolute atomic E-state index is 14.2. The normalized spacial score (nSPS) is 17.7. The molecule has 0 unspecified atom stereocenters. The van der Waals surface area contributed by atoms with Crippen LogP contribution in [0.2, 0.25) is 0 Å². The highest BCUT2D eigenvalue weighted by Gasteiger charge is 2.45. The number of pyridine rings is 1. The number of halogens is 1. The molecule has 164 valence electrons. The van der Waals surface area contributed by atoms with Gasteiger partial charge in [-0.15, -0.1) is 0 Å². The molecule has 2 aromatic heterocycles. The third-order valence-corrected chi connectivity index (χ3v) is 5.36. The summed E-state index contributed by atoms with van der Waals surface area (Å²) in [6.07, 6.45) is 8.82. The predicted octanol–water partition coefficient (Wildman–Crippen LogP) is 2.94. The second-order valence-electron chi connectivity index (χ2n) is 7.28. The number of ether oxygens (including phenoxy) is 1. The summed E-state index contributed by atoms with van der Waals surface area (Å²) in [5.41, 5.74) is 0.615. The number of Topliss-reactive ketones (excluding diaryl/α,β-unsaturated/α-hetero) is 1. The number of methoxy groups -OCH3 is 1. The lowest BCUT2D eigenvalue weighted by Gasteiger charge is -2.25. The zero-order chi connectivity index (χ0) is 22.7. The van der Waals surface area contributed by atoms with Crippen molar-refractivity contribution in [1.29, 1.82) is 0 Å². The van der Waals surface area contributed by atoms with Gasteiger partial charge in [0.05, 0.1) is 25.1 Å². The highest BCUT2D eigenvalue weighted by atomic mass is 19.1. The number of ketones is 1. The zero-order valence-corrected chi connectivity index (χ0v) is 17.3. The summed E-state index contributed by atoms with van der Waals surface area (Å²) in [4.78, 5) is 35.3. The molecule has 4 rings (SSSR count). The number of aryl methyl sites for hydroxylation is 1. The van der Waals surface area contributed by atoms with E-state index in [4.69, 9.17) is 4.74 Å². The second-order valence-corrected chi connectivity index (χ2v) is 7.28. The van der Waals surface area contributed by atoms with Gasteiger partial charge in [0.2, 0.25) is 0 Å². The van der Waals surface area contributed by atoms with E-state index < -0.39 is 29.3 Å². The van der Waals surface area contributed by atoms with Crippen LogP contribution in [-0.2, 0) is 16.1 Å². The lowest BCUT2D eigenvalue weighted by atomic mass is 9.96. The summed E-state index contributed by atoms with van der Waals surface area (Å²) in [6, 6.07) is 6.42. The molecule has 0 aliphatic carbocycles. The van der Waals surface area contributed by atoms with Crippen LogP contribution in [0, 0.1) is 5.82 Å². The van der Waals surface area contributed by atoms with Crippen molar-refractivity contribution in [3.63, 3.8) is 0 Å². The van der Waals surface area contributed by atoms with Crippen LogP contribution in [-0.4, -0.2) is 49.9 Å². The van der Waals surface area contributed by atoms with Crippen LogP contribution in [0.15, 0.2) is 67.0 Å². The van der Waals surface area contributed by atoms with Crippen molar-refractivity contribution in [2.75, 3.05) is 13.7 Å². The quantitative estimate of drug-likeness (QED) is 0.348. The van der Waals surface area contributed by atoms with Crippen molar-refractivity contribution < 1.29 is 23.8 Å². The fourth-order valence-corrected chi connectivity index (χ4v) is 3.81. The second kappa shape index (κ2) is 9.01. The molecule has 1 aliphatic rings. The number of benzene rings is 1. The maximum Gasteiger partial charge on any atom is 0.295 e. The molecule has 8 nitrogen and oxygen atoms in total. The minimum atomic E-state index is -0.817. The Kier molecular flexibility index (Phi) is 5.98. The molecule has 1 fully saturated rings. The van der Waals surface area contributed by atoms with Crippen LogP contribution in [0.4, 0.5) is 4.39 Å². The molecule has 1 aliphatic heterocycles. The monoisotopic (exact) mass is 436 g/mol. The number of hydrogen-bond acceptors (Lipinski definition) is 6. The van der Waals surface area contributed by atoms with Gasteiger partial charge < -0.3 is 19.3 Å². The van der Waals surface area contributed by atoms with E-state index in [1.54, 1.807) is 37.1 Å². The number of carbonyl (C=O) groups is 2. The van der Waals surface area contributed by atoms with Gasteiger partial charge in [0.25, 0.3) is 11.7 Å². The first kappa shape index (κ1) is 21.2. The topological polar surface area (TPSA) is 97.6 Å². The van der Waals surface area contributed by atoms with Gasteiger partial charge in [-0.3, -0.25) is 14.6 Å². The predicted molar refractivity (Wildman–Crippen MR) is 113 cm³/mol. The van der Waals surface area contributed by atoms with Crippen LogP contribution in [0.1, 0.15) is 23.6 Å². The molecular formula is C23H21FN4O4. The first-order valence-corrected chi connectivity index (χ1v) is 9.99. The van der Waals surface area contributed by atoms with Gasteiger partial charge in [-0.05, 0) is 42.3 Å². The van der Waals surface area contributed by atoms with E-state index in [0.717, 1.165) is 6.07 Å². The van der Waals surface area contributed by atoms with Gasteiger partial charge >= 0.3 is 0 Å². The molecule has 32 heavy (non-hydrogen) atoms. The molecule has 1 amide bonds. The average Bonchev–Trinajstić information content (AvgIpc) is 3.41. The number of imidazole rings is 1. The smallest absolute Gasteiger partial charge is 0.295 e. The zero-order valence-electron chi connectivity index (χ0n) is 17.3. The minimum absolute atomic E-state index is 0.00665. The SMILES string of the molecule is COc1ccc(C(O)=C2C(=O)C(=O)N(CCCn3ccnc3)[C@@H]2c2ccncc2)cc1F. The van der Waals surface area contributed by atoms with E-state index in [9.17, 15) is 19.1 Å². The number of aromatic nitrogens is 3. The molecule has 3 heterocycles. The number of carbonyl (C=O) groups excluding carboxylic acids is 2. The van der Waals surface area contributed by atoms with Gasteiger partial charge in [0, 0.05) is 43.4 Å². The fraction of sp³-hybridized carbons (Fsp3) is 0.217. The van der Waals surface area contributed by atoms with Crippen LogP contribution in [0.5, 0.6) is 5.75 Å². The van der Waals surface area contributed by atoms with Crippen molar-refractivity contribution in [2.24, 2.45) is 0 Å². The van der Waals surface area contributed by atoms with Crippen LogP contribution < -0.4 is 4.74 Å². The molecular weight excluding hydrogens is 415 g/mol. The summed E-state index contributed by atoms with van der Waals surface area (Å²) < 4.78 is 21.0. The lowest BCUT2D eigenvalue weighted by molar-refractivity contribution is -0.139. The van der Waals surface area contributed by atoms with E-state index in [1.807, 2.05) is 10.8 Å². The third-order valence-electron chi connectivity index (χ3n) is 5.36. The van der Waals surface area contributed by atoms with Gasteiger partial charge in [-0.25, -0.2) is 9.37 Å². The Morgan fingerprint density at radius 1 is 1.12 bits per heavy atom. The molecule has 0 saturated carbocycles. The van der Waals surface area contributed by atoms with E-state index in [1.165, 1.54) is 24.1 Å². The molecule has 0 radical (unpaired) electrons. The Bertz CT molecular complexity index is 1160. The number of nitrogens with zero attached hydrogens (tertiary/aromatic N) is 4. The van der Waals surface area contributed by atoms with Crippen LogP contribution >= 0.6 is 0 Å². The number of amides is 1. The summed E-state index contributed by atoms with van der Waals surface area (Å²) in [5.74, 6) is -2.65. The van der Waals surface area contributed by atoms with E-state index >= 15 is 0 Å². The van der Waals surface area contributed by atoms with Gasteiger partial charge in [-0.1, -0.05) is 0 Å². The summed E-state index contributed by atoms with van der Waals surface area (Å²) >= 11 is 0. The molecule has 0 bridgehead atoms. The van der Waals surface area contributed by atoms with E-state index in [0.29, 0.717) is 18.5 Å². The average molecular weight is 436 g/mol. The Morgan fingerprint density at radius 2 is 1.91 bits per heavy atom. The molecule has 1 aromatic carbocycles. The molecule has 9 heteroatoms. The lowest BCUT2D eigenvalue weighted by Crippen LogP contribution is -2.31. The van der Waals surface area contributed by atoms with Gasteiger partial charge in [-0.2, -0.15) is 0 Å². The third kappa shape index (κ3) is 3.96. The Labute approximate surface area is 183 Å². The van der Waals surface area contributed by atoms with Crippen molar-refractivity contribution in [3.8, 4) is 5.75 Å². The first-order valence-electron chi connectivity index (χ1n) is 9.99. The highest BCUT2D eigenvalue weighted by Crippen LogP contribution is 2.39. The highest BCUT2D eigenvalue weighted by molar-refractivity contribution is 6.46. The standard InChI is InChI=1S/C23H21FN4O4/c1-32-18-4-3-16(13-17(18)24)21(29)19-20(15-5-7-25-8-6-15)28(23(31)22(19)30)11-2-10-27-12-9-26-14-27/h3-9,12-14,20,29H,2,10-11H2,1H3/t20-/m1/s1. The van der Waals surface area contributed by atoms with Gasteiger partial charge in [0.15, 0.2) is 11.6 Å². The maximum atomic E-state index is 14.2. The summed E-state index contributed by atoms with van der Waals surface area (Å²) in [6.45, 7) is 0.888. The van der Waals surface area contributed by atoms with Crippen molar-refractivity contribution in [1.82, 2.24) is 19.4 Å². The van der Waals surface area contributed by atoms with Crippen molar-refractivity contribution in [2.45, 2.75) is 19.0 Å². The Balaban J connectivity index is 1.72. The Morgan fingerprint density at radius 3 is 2.56 bits per heavy atom. The summed E-state index contributed by atoms with van der Waals surface area (Å²) in [7, 11) is 1.33. The molecule has 3 aromatic rings. The number of aliphatic hydroxyl groups is 1. The van der Waals surface area contributed by atoms with Crippen LogP contribution in [0.25, 0.3) is 5.76 Å². The molecule has 1 N–H and O–H groups in total. The molecule has 0 spiro atoms. The number of aliphatic hydroxyl groups excluding tert-OH is 1. The number of rotatable bonds is 7. The minimum Gasteiger partial charge on any atom is -0.507 e. The van der Waals surface area contributed by atoms with Crippen LogP contribution in [0.3, 0.4) is 0 Å². The number of likely N-dealkylation sites (tertiary alicyclic amines) is 1.